The lowest BCUT2D eigenvalue weighted by molar-refractivity contribution is 0.597. The van der Waals surface area contributed by atoms with Crippen molar-refractivity contribution in [2.45, 2.75) is 19.3 Å². The number of sulfone groups is 1. The Bertz CT molecular complexity index is 457. The Kier molecular flexibility index (Phi) is 4.80. The van der Waals surface area contributed by atoms with E-state index in [4.69, 9.17) is 5.73 Å². The molecule has 1 aromatic rings. The summed E-state index contributed by atoms with van der Waals surface area (Å²) in [6, 6.07) is 5.79. The van der Waals surface area contributed by atoms with Gasteiger partial charge < -0.3 is 5.73 Å². The van der Waals surface area contributed by atoms with E-state index in [0.29, 0.717) is 6.42 Å². The molecule has 0 saturated heterocycles. The van der Waals surface area contributed by atoms with Crippen LogP contribution in [0.3, 0.4) is 0 Å². The summed E-state index contributed by atoms with van der Waals surface area (Å²) in [7, 11) is -2.83. The zero-order valence-electron chi connectivity index (χ0n) is 9.24. The van der Waals surface area contributed by atoms with Crippen LogP contribution in [0.1, 0.15) is 18.4 Å². The molecule has 0 unspecified atom stereocenters. The van der Waals surface area contributed by atoms with Crippen molar-refractivity contribution in [1.29, 1.82) is 0 Å². The summed E-state index contributed by atoms with van der Waals surface area (Å²) < 4.78 is 22.8. The van der Waals surface area contributed by atoms with E-state index in [1.165, 1.54) is 6.26 Å². The van der Waals surface area contributed by atoms with Gasteiger partial charge in [0, 0.05) is 22.2 Å². The zero-order chi connectivity index (χ0) is 12.2. The maximum Gasteiger partial charge on any atom is 0.147 e. The highest BCUT2D eigenvalue weighted by atomic mass is 79.9. The van der Waals surface area contributed by atoms with Crippen molar-refractivity contribution in [3.05, 3.63) is 28.2 Å². The van der Waals surface area contributed by atoms with Crippen LogP contribution in [0.5, 0.6) is 0 Å². The highest BCUT2D eigenvalue weighted by Crippen LogP contribution is 2.20. The fourth-order valence-electron chi connectivity index (χ4n) is 1.47. The molecule has 0 fully saturated rings. The van der Waals surface area contributed by atoms with E-state index in [9.17, 15) is 8.42 Å². The third kappa shape index (κ3) is 4.99. The molecule has 90 valence electrons. The van der Waals surface area contributed by atoms with E-state index in [0.717, 1.165) is 28.6 Å². The number of aryl methyl sites for hydroxylation is 1. The van der Waals surface area contributed by atoms with Crippen molar-refractivity contribution in [2.24, 2.45) is 0 Å². The average Bonchev–Trinajstić information content (AvgIpc) is 2.13. The van der Waals surface area contributed by atoms with Gasteiger partial charge in [0.1, 0.15) is 9.84 Å². The summed E-state index contributed by atoms with van der Waals surface area (Å²) >= 11 is 3.34. The van der Waals surface area contributed by atoms with Gasteiger partial charge in [-0.3, -0.25) is 0 Å². The van der Waals surface area contributed by atoms with Crippen molar-refractivity contribution < 1.29 is 8.42 Å². The van der Waals surface area contributed by atoms with Gasteiger partial charge in [-0.1, -0.05) is 22.0 Å². The van der Waals surface area contributed by atoms with E-state index >= 15 is 0 Å². The molecule has 0 bridgehead atoms. The van der Waals surface area contributed by atoms with Crippen LogP contribution in [-0.4, -0.2) is 20.4 Å². The van der Waals surface area contributed by atoms with Crippen molar-refractivity contribution in [2.75, 3.05) is 17.7 Å². The second-order valence-corrected chi connectivity index (χ2v) is 7.11. The maximum absolute atomic E-state index is 10.9. The highest BCUT2D eigenvalue weighted by Gasteiger charge is 2.03. The summed E-state index contributed by atoms with van der Waals surface area (Å²) in [5.74, 6) is 0.253. The molecule has 1 rings (SSSR count). The number of halogens is 1. The third-order valence-corrected chi connectivity index (χ3v) is 3.84. The van der Waals surface area contributed by atoms with Gasteiger partial charge in [-0.05, 0) is 37.0 Å². The maximum atomic E-state index is 10.9. The molecule has 1 aromatic carbocycles. The van der Waals surface area contributed by atoms with Gasteiger partial charge >= 0.3 is 0 Å². The predicted octanol–water partition coefficient (Wildman–Crippen LogP) is 2.40. The quantitative estimate of drug-likeness (QED) is 0.671. The normalized spacial score (nSPS) is 11.6. The average molecular weight is 306 g/mol. The minimum Gasteiger partial charge on any atom is -0.398 e. The van der Waals surface area contributed by atoms with E-state index in [1.54, 1.807) is 0 Å². The molecule has 3 nitrogen and oxygen atoms in total. The Morgan fingerprint density at radius 1 is 1.31 bits per heavy atom. The summed E-state index contributed by atoms with van der Waals surface area (Å²) in [4.78, 5) is 0. The van der Waals surface area contributed by atoms with E-state index in [2.05, 4.69) is 15.9 Å². The molecule has 0 aliphatic carbocycles. The first kappa shape index (κ1) is 13.5. The lowest BCUT2D eigenvalue weighted by atomic mass is 10.1. The molecule has 5 heteroatoms. The topological polar surface area (TPSA) is 60.2 Å². The minimum absolute atomic E-state index is 0.253. The Labute approximate surface area is 105 Å². The molecule has 0 saturated carbocycles. The summed E-state index contributed by atoms with van der Waals surface area (Å²) in [6.45, 7) is 0. The monoisotopic (exact) mass is 305 g/mol. The van der Waals surface area contributed by atoms with Crippen LogP contribution in [-0.2, 0) is 16.3 Å². The largest absolute Gasteiger partial charge is 0.398 e. The van der Waals surface area contributed by atoms with Crippen LogP contribution >= 0.6 is 15.9 Å². The Morgan fingerprint density at radius 2 is 2.00 bits per heavy atom. The molecule has 0 amide bonds. The highest BCUT2D eigenvalue weighted by molar-refractivity contribution is 9.10. The molecule has 16 heavy (non-hydrogen) atoms. The number of hydrogen-bond acceptors (Lipinski definition) is 3. The van der Waals surface area contributed by atoms with Crippen LogP contribution in [0.15, 0.2) is 22.7 Å². The van der Waals surface area contributed by atoms with Crippen LogP contribution < -0.4 is 5.73 Å². The smallest absolute Gasteiger partial charge is 0.147 e. The fraction of sp³-hybridized carbons (Fsp3) is 0.455. The van der Waals surface area contributed by atoms with Gasteiger partial charge in [0.2, 0.25) is 0 Å². The SMILES string of the molecule is CS(=O)(=O)CCCCc1ccc(Br)cc1N. The standard InChI is InChI=1S/C11H16BrNO2S/c1-16(14,15)7-3-2-4-9-5-6-10(12)8-11(9)13/h5-6,8H,2-4,7,13H2,1H3. The van der Waals surface area contributed by atoms with E-state index in [-0.39, 0.29) is 5.75 Å². The van der Waals surface area contributed by atoms with Crippen molar-refractivity contribution in [1.82, 2.24) is 0 Å². The van der Waals surface area contributed by atoms with Crippen molar-refractivity contribution in [3.8, 4) is 0 Å². The molecule has 2 N–H and O–H groups in total. The van der Waals surface area contributed by atoms with Gasteiger partial charge in [-0.2, -0.15) is 0 Å². The first-order valence-corrected chi connectivity index (χ1v) is 7.95. The van der Waals surface area contributed by atoms with Gasteiger partial charge in [0.05, 0.1) is 0 Å². The number of rotatable bonds is 5. The second kappa shape index (κ2) is 5.68. The van der Waals surface area contributed by atoms with Gasteiger partial charge in [-0.25, -0.2) is 8.42 Å². The number of anilines is 1. The van der Waals surface area contributed by atoms with E-state index < -0.39 is 9.84 Å². The molecule has 0 heterocycles. The first-order chi connectivity index (χ1) is 7.38. The molecule has 0 aromatic heterocycles. The molecule has 0 aliphatic rings. The van der Waals surface area contributed by atoms with Crippen molar-refractivity contribution in [3.63, 3.8) is 0 Å². The second-order valence-electron chi connectivity index (χ2n) is 3.93. The molecule has 0 aliphatic heterocycles. The Balaban J connectivity index is 2.43. The number of nitrogens with two attached hydrogens (primary N) is 1. The van der Waals surface area contributed by atoms with Crippen LogP contribution in [0, 0.1) is 0 Å². The molecular formula is C11H16BrNO2S. The van der Waals surface area contributed by atoms with Gasteiger partial charge in [0.25, 0.3) is 0 Å². The summed E-state index contributed by atoms with van der Waals surface area (Å²) in [5.41, 5.74) is 7.68. The van der Waals surface area contributed by atoms with Crippen molar-refractivity contribution >= 4 is 31.5 Å². The van der Waals surface area contributed by atoms with E-state index in [1.807, 2.05) is 18.2 Å². The van der Waals surface area contributed by atoms with Gasteiger partial charge in [0.15, 0.2) is 0 Å². The zero-order valence-corrected chi connectivity index (χ0v) is 11.6. The summed E-state index contributed by atoms with van der Waals surface area (Å²) in [5, 5.41) is 0. The molecular weight excluding hydrogens is 290 g/mol. The molecule has 0 spiro atoms. The Morgan fingerprint density at radius 3 is 2.56 bits per heavy atom. The molecule has 0 radical (unpaired) electrons. The molecule has 0 atom stereocenters. The number of nitrogen functional groups attached to an aromatic ring is 1. The number of hydrogen-bond donors (Lipinski definition) is 1. The van der Waals surface area contributed by atoms with Gasteiger partial charge in [-0.15, -0.1) is 0 Å². The predicted molar refractivity (Wildman–Crippen MR) is 71.2 cm³/mol. The lowest BCUT2D eigenvalue weighted by Crippen LogP contribution is -2.03. The number of unbranched alkanes of at least 4 members (excludes halogenated alkanes) is 1. The van der Waals surface area contributed by atoms with Crippen LogP contribution in [0.4, 0.5) is 5.69 Å². The first-order valence-electron chi connectivity index (χ1n) is 5.10. The van der Waals surface area contributed by atoms with Crippen LogP contribution in [0.2, 0.25) is 0 Å². The third-order valence-electron chi connectivity index (χ3n) is 2.32. The lowest BCUT2D eigenvalue weighted by Gasteiger charge is -2.05. The fourth-order valence-corrected chi connectivity index (χ4v) is 2.58. The minimum atomic E-state index is -2.83. The van der Waals surface area contributed by atoms with Crippen LogP contribution in [0.25, 0.3) is 0 Å². The Hall–Kier alpha value is -0.550. The number of benzene rings is 1. The summed E-state index contributed by atoms with van der Waals surface area (Å²) in [6.07, 6.45) is 3.63.